The minimum Gasteiger partial charge on any atom is -0.378 e. The second kappa shape index (κ2) is 7.96. The van der Waals surface area contributed by atoms with Crippen LogP contribution in [0, 0.1) is 0 Å². The minimum absolute atomic E-state index is 0.205. The maximum Gasteiger partial charge on any atom is 0.471 e. The van der Waals surface area contributed by atoms with E-state index < -0.39 is 18.0 Å². The third kappa shape index (κ3) is 4.57. The van der Waals surface area contributed by atoms with Crippen molar-refractivity contribution in [1.82, 2.24) is 10.2 Å². The van der Waals surface area contributed by atoms with Gasteiger partial charge in [0.15, 0.2) is 0 Å². The molecule has 144 valence electrons. The molecule has 1 aromatic carbocycles. The zero-order chi connectivity index (χ0) is 19.4. The number of morpholine rings is 1. The number of carbonyl (C=O) groups is 2. The van der Waals surface area contributed by atoms with Gasteiger partial charge in [0.2, 0.25) is 0 Å². The Labute approximate surface area is 154 Å². The summed E-state index contributed by atoms with van der Waals surface area (Å²) < 4.78 is 42.8. The lowest BCUT2D eigenvalue weighted by molar-refractivity contribution is -0.174. The molecule has 1 fully saturated rings. The number of carbonyl (C=O) groups excluding carboxylic acids is 2. The molecule has 0 spiro atoms. The second-order valence-corrected chi connectivity index (χ2v) is 6.29. The second-order valence-electron chi connectivity index (χ2n) is 6.29. The molecule has 1 heterocycles. The molecule has 0 bridgehead atoms. The largest absolute Gasteiger partial charge is 0.471 e. The molecule has 0 radical (unpaired) electrons. The van der Waals surface area contributed by atoms with E-state index in [1.807, 2.05) is 41.3 Å². The average molecular weight is 380 g/mol. The molecule has 5 nitrogen and oxygen atoms in total. The zero-order valence-corrected chi connectivity index (χ0v) is 14.5. The van der Waals surface area contributed by atoms with Crippen molar-refractivity contribution >= 4 is 17.9 Å². The lowest BCUT2D eigenvalue weighted by Gasteiger charge is -2.31. The molecule has 0 saturated carbocycles. The zero-order valence-electron chi connectivity index (χ0n) is 14.5. The lowest BCUT2D eigenvalue weighted by Crippen LogP contribution is -2.42. The summed E-state index contributed by atoms with van der Waals surface area (Å²) in [6.45, 7) is 2.01. The number of allylic oxidation sites excluding steroid dienone is 1. The number of hydrogen-bond acceptors (Lipinski definition) is 4. The number of imide groups is 1. The topological polar surface area (TPSA) is 58.6 Å². The van der Waals surface area contributed by atoms with Gasteiger partial charge >= 0.3 is 12.1 Å². The number of halogens is 3. The molecule has 1 aliphatic carbocycles. The number of ether oxygens (including phenoxy) is 1. The predicted molar refractivity (Wildman–Crippen MR) is 92.3 cm³/mol. The van der Waals surface area contributed by atoms with Gasteiger partial charge in [-0.2, -0.15) is 13.2 Å². The smallest absolute Gasteiger partial charge is 0.378 e. The summed E-state index contributed by atoms with van der Waals surface area (Å²) in [6, 6.07) is 9.48. The molecular weight excluding hydrogens is 361 g/mol. The minimum atomic E-state index is -5.10. The third-order valence-corrected chi connectivity index (χ3v) is 4.46. The fourth-order valence-electron chi connectivity index (χ4n) is 3.23. The van der Waals surface area contributed by atoms with Crippen molar-refractivity contribution < 1.29 is 27.5 Å². The van der Waals surface area contributed by atoms with Crippen molar-refractivity contribution in [2.75, 3.05) is 26.3 Å². The van der Waals surface area contributed by atoms with Crippen LogP contribution in [-0.2, 0) is 14.3 Å². The molecule has 2 aliphatic rings. The summed E-state index contributed by atoms with van der Waals surface area (Å²) in [5.74, 6) is -3.24. The van der Waals surface area contributed by atoms with E-state index >= 15 is 0 Å². The van der Waals surface area contributed by atoms with E-state index in [2.05, 4.69) is 0 Å². The van der Waals surface area contributed by atoms with E-state index in [1.54, 1.807) is 0 Å². The van der Waals surface area contributed by atoms with Crippen molar-refractivity contribution in [2.24, 2.45) is 0 Å². The molecule has 0 unspecified atom stereocenters. The number of benzene rings is 1. The van der Waals surface area contributed by atoms with Crippen LogP contribution in [0.3, 0.4) is 0 Å². The van der Waals surface area contributed by atoms with Crippen molar-refractivity contribution in [3.8, 4) is 0 Å². The van der Waals surface area contributed by atoms with Gasteiger partial charge in [-0.1, -0.05) is 30.3 Å². The lowest BCUT2D eigenvalue weighted by atomic mass is 10.1. The van der Waals surface area contributed by atoms with Crippen molar-refractivity contribution in [3.63, 3.8) is 0 Å². The van der Waals surface area contributed by atoms with Gasteiger partial charge in [-0.15, -0.1) is 0 Å². The van der Waals surface area contributed by atoms with Crippen LogP contribution in [0.25, 0.3) is 6.08 Å². The van der Waals surface area contributed by atoms with Crippen LogP contribution >= 0.6 is 0 Å². The van der Waals surface area contributed by atoms with Crippen LogP contribution in [0.2, 0.25) is 0 Å². The number of rotatable bonds is 3. The van der Waals surface area contributed by atoms with Gasteiger partial charge in [-0.3, -0.25) is 14.9 Å². The summed E-state index contributed by atoms with van der Waals surface area (Å²) in [4.78, 5) is 25.5. The van der Waals surface area contributed by atoms with E-state index in [-0.39, 0.29) is 12.0 Å². The molecule has 0 atom stereocenters. The Morgan fingerprint density at radius 3 is 2.37 bits per heavy atom. The quantitative estimate of drug-likeness (QED) is 0.876. The monoisotopic (exact) mass is 380 g/mol. The maximum atomic E-state index is 12.5. The van der Waals surface area contributed by atoms with Gasteiger partial charge in [-0.25, -0.2) is 0 Å². The molecule has 1 aromatic rings. The number of amides is 2. The number of hydrogen-bond donors (Lipinski definition) is 1. The van der Waals surface area contributed by atoms with Crippen LogP contribution in [0.1, 0.15) is 18.4 Å². The Morgan fingerprint density at radius 2 is 1.74 bits per heavy atom. The standard InChI is InChI=1S/C19H19F3N2O3/c20-19(21,22)18(26)23-17(25)15-7-6-14(12-13-4-2-1-3-5-13)16(15)24-8-10-27-11-9-24/h1-5,12H,6-11H2,(H,23,25,26). The summed E-state index contributed by atoms with van der Waals surface area (Å²) in [5, 5.41) is 1.47. The molecule has 27 heavy (non-hydrogen) atoms. The number of nitrogens with zero attached hydrogens (tertiary/aromatic N) is 1. The Balaban J connectivity index is 1.93. The Kier molecular flexibility index (Phi) is 5.65. The number of alkyl halides is 3. The highest BCUT2D eigenvalue weighted by Crippen LogP contribution is 2.36. The SMILES string of the molecule is O=C(NC(=O)C(F)(F)F)C1=C(N2CCOCC2)C(=Cc2ccccc2)CC1. The van der Waals surface area contributed by atoms with Crippen LogP contribution in [0.4, 0.5) is 13.2 Å². The Morgan fingerprint density at radius 1 is 1.07 bits per heavy atom. The first-order valence-electron chi connectivity index (χ1n) is 8.60. The summed E-state index contributed by atoms with van der Waals surface area (Å²) in [7, 11) is 0. The van der Waals surface area contributed by atoms with Crippen molar-refractivity contribution in [2.45, 2.75) is 19.0 Å². The van der Waals surface area contributed by atoms with E-state index in [9.17, 15) is 22.8 Å². The van der Waals surface area contributed by atoms with Crippen LogP contribution < -0.4 is 5.32 Å². The van der Waals surface area contributed by atoms with Crippen molar-refractivity contribution in [1.29, 1.82) is 0 Å². The van der Waals surface area contributed by atoms with Gasteiger partial charge in [0.1, 0.15) is 0 Å². The number of nitrogens with one attached hydrogen (secondary N) is 1. The molecular formula is C19H19F3N2O3. The third-order valence-electron chi connectivity index (χ3n) is 4.46. The fourth-order valence-corrected chi connectivity index (χ4v) is 3.23. The maximum absolute atomic E-state index is 12.5. The van der Waals surface area contributed by atoms with Gasteiger partial charge in [-0.05, 0) is 30.1 Å². The predicted octanol–water partition coefficient (Wildman–Crippen LogP) is 2.66. The van der Waals surface area contributed by atoms with Gasteiger partial charge in [0.25, 0.3) is 5.91 Å². The summed E-state index contributed by atoms with van der Waals surface area (Å²) in [5.41, 5.74) is 2.62. The van der Waals surface area contributed by atoms with E-state index in [0.717, 1.165) is 11.1 Å². The van der Waals surface area contributed by atoms with Gasteiger partial charge in [0.05, 0.1) is 13.2 Å². The molecule has 2 amide bonds. The molecule has 1 aliphatic heterocycles. The van der Waals surface area contributed by atoms with Crippen LogP contribution in [-0.4, -0.2) is 49.2 Å². The molecule has 0 aromatic heterocycles. The van der Waals surface area contributed by atoms with E-state index in [0.29, 0.717) is 38.4 Å². The van der Waals surface area contributed by atoms with E-state index in [1.165, 1.54) is 5.32 Å². The fraction of sp³-hybridized carbons (Fsp3) is 0.368. The first-order chi connectivity index (χ1) is 12.9. The highest BCUT2D eigenvalue weighted by atomic mass is 19.4. The van der Waals surface area contributed by atoms with Gasteiger partial charge < -0.3 is 9.64 Å². The highest BCUT2D eigenvalue weighted by Gasteiger charge is 2.41. The molecule has 3 rings (SSSR count). The molecule has 1 saturated heterocycles. The first-order valence-corrected chi connectivity index (χ1v) is 8.60. The summed E-state index contributed by atoms with van der Waals surface area (Å²) in [6.07, 6.45) is -2.37. The Hall–Kier alpha value is -2.61. The van der Waals surface area contributed by atoms with Crippen molar-refractivity contribution in [3.05, 3.63) is 52.7 Å². The normalized spacial score (nSPS) is 19.5. The van der Waals surface area contributed by atoms with Crippen LogP contribution in [0.5, 0.6) is 0 Å². The Bertz CT molecular complexity index is 779. The summed E-state index contributed by atoms with van der Waals surface area (Å²) >= 11 is 0. The van der Waals surface area contributed by atoms with E-state index in [4.69, 9.17) is 4.74 Å². The van der Waals surface area contributed by atoms with Crippen LogP contribution in [0.15, 0.2) is 47.2 Å². The molecule has 1 N–H and O–H groups in total. The van der Waals surface area contributed by atoms with Gasteiger partial charge in [0, 0.05) is 24.4 Å². The average Bonchev–Trinajstić information content (AvgIpc) is 3.06. The molecule has 8 heteroatoms. The first kappa shape index (κ1) is 19.2. The highest BCUT2D eigenvalue weighted by molar-refractivity contribution is 6.07.